The predicted octanol–water partition coefficient (Wildman–Crippen LogP) is 1.80. The van der Waals surface area contributed by atoms with Crippen LogP contribution in [0.3, 0.4) is 0 Å². The van der Waals surface area contributed by atoms with Gasteiger partial charge in [-0.15, -0.1) is 0 Å². The van der Waals surface area contributed by atoms with E-state index >= 15 is 0 Å². The van der Waals surface area contributed by atoms with Crippen molar-refractivity contribution in [3.8, 4) is 0 Å². The van der Waals surface area contributed by atoms with Crippen LogP contribution in [0, 0.1) is 17.3 Å². The average molecular weight is 140 g/mol. The van der Waals surface area contributed by atoms with Crippen LogP contribution in [0.4, 0.5) is 0 Å². The Morgan fingerprint density at radius 1 is 1.50 bits per heavy atom. The SMILES string of the molecule is CC1[C@@H]2CC[C@]1(C)[C@@H](O)C2. The molecule has 0 heterocycles. The summed E-state index contributed by atoms with van der Waals surface area (Å²) in [4.78, 5) is 0. The molecule has 0 saturated heterocycles. The smallest absolute Gasteiger partial charge is 0.0599 e. The summed E-state index contributed by atoms with van der Waals surface area (Å²) in [6, 6.07) is 0. The van der Waals surface area contributed by atoms with E-state index in [0.29, 0.717) is 0 Å². The van der Waals surface area contributed by atoms with Crippen LogP contribution in [0.25, 0.3) is 0 Å². The van der Waals surface area contributed by atoms with Gasteiger partial charge >= 0.3 is 0 Å². The van der Waals surface area contributed by atoms with Crippen LogP contribution in [0.15, 0.2) is 0 Å². The Balaban J connectivity index is 2.29. The normalized spacial score (nSPS) is 59.7. The van der Waals surface area contributed by atoms with E-state index in [2.05, 4.69) is 13.8 Å². The van der Waals surface area contributed by atoms with Crippen molar-refractivity contribution in [3.05, 3.63) is 0 Å². The van der Waals surface area contributed by atoms with E-state index < -0.39 is 0 Å². The fourth-order valence-corrected chi connectivity index (χ4v) is 2.86. The highest BCUT2D eigenvalue weighted by molar-refractivity contribution is 5.03. The second-order valence-electron chi connectivity index (χ2n) is 4.34. The van der Waals surface area contributed by atoms with Crippen molar-refractivity contribution in [1.82, 2.24) is 0 Å². The van der Waals surface area contributed by atoms with Crippen molar-refractivity contribution < 1.29 is 5.11 Å². The standard InChI is InChI=1S/C9H16O/c1-6-7-3-4-9(6,2)8(10)5-7/h6-8,10H,3-5H2,1-2H3/t6?,7-,8+,9+/m1/s1. The maximum atomic E-state index is 9.65. The molecule has 0 spiro atoms. The van der Waals surface area contributed by atoms with Gasteiger partial charge in [0.15, 0.2) is 0 Å². The second kappa shape index (κ2) is 1.76. The molecule has 2 rings (SSSR count). The van der Waals surface area contributed by atoms with Crippen molar-refractivity contribution >= 4 is 0 Å². The zero-order valence-corrected chi connectivity index (χ0v) is 6.80. The number of hydrogen-bond acceptors (Lipinski definition) is 1. The minimum Gasteiger partial charge on any atom is -0.393 e. The molecule has 0 aliphatic heterocycles. The summed E-state index contributed by atoms with van der Waals surface area (Å²) in [5.74, 6) is 1.60. The zero-order chi connectivity index (χ0) is 7.35. The van der Waals surface area contributed by atoms with Gasteiger partial charge in [-0.25, -0.2) is 0 Å². The maximum Gasteiger partial charge on any atom is 0.0599 e. The van der Waals surface area contributed by atoms with Crippen LogP contribution < -0.4 is 0 Å². The van der Waals surface area contributed by atoms with E-state index in [1.165, 1.54) is 12.8 Å². The molecule has 0 aromatic carbocycles. The third kappa shape index (κ3) is 0.572. The predicted molar refractivity (Wildman–Crippen MR) is 40.6 cm³/mol. The van der Waals surface area contributed by atoms with Gasteiger partial charge in [0.1, 0.15) is 0 Å². The molecule has 4 atom stereocenters. The molecule has 1 nitrogen and oxygen atoms in total. The molecule has 0 aromatic heterocycles. The summed E-state index contributed by atoms with van der Waals surface area (Å²) in [5, 5.41) is 9.65. The van der Waals surface area contributed by atoms with E-state index in [9.17, 15) is 5.11 Å². The Morgan fingerprint density at radius 2 is 2.20 bits per heavy atom. The zero-order valence-electron chi connectivity index (χ0n) is 6.80. The number of aliphatic hydroxyl groups excluding tert-OH is 1. The minimum absolute atomic E-state index is 0.00116. The van der Waals surface area contributed by atoms with Crippen molar-refractivity contribution in [3.63, 3.8) is 0 Å². The lowest BCUT2D eigenvalue weighted by Gasteiger charge is -2.29. The fourth-order valence-electron chi connectivity index (χ4n) is 2.86. The van der Waals surface area contributed by atoms with Gasteiger partial charge in [0.2, 0.25) is 0 Å². The van der Waals surface area contributed by atoms with Gasteiger partial charge < -0.3 is 5.11 Å². The summed E-state index contributed by atoms with van der Waals surface area (Å²) < 4.78 is 0. The number of hydrogen-bond donors (Lipinski definition) is 1. The molecular weight excluding hydrogens is 124 g/mol. The number of rotatable bonds is 0. The topological polar surface area (TPSA) is 20.2 Å². The van der Waals surface area contributed by atoms with Crippen LogP contribution in [0.2, 0.25) is 0 Å². The summed E-state index contributed by atoms with van der Waals surface area (Å²) in [7, 11) is 0. The Bertz CT molecular complexity index is 155. The molecule has 2 aliphatic rings. The molecule has 0 amide bonds. The molecule has 2 bridgehead atoms. The van der Waals surface area contributed by atoms with Gasteiger partial charge in [-0.1, -0.05) is 13.8 Å². The largest absolute Gasteiger partial charge is 0.393 e. The molecular formula is C9H16O. The third-order valence-electron chi connectivity index (χ3n) is 4.09. The van der Waals surface area contributed by atoms with Crippen molar-refractivity contribution in [1.29, 1.82) is 0 Å². The first-order valence-electron chi connectivity index (χ1n) is 4.32. The van der Waals surface area contributed by atoms with Gasteiger partial charge in [0.05, 0.1) is 6.10 Å². The summed E-state index contributed by atoms with van der Waals surface area (Å²) >= 11 is 0. The monoisotopic (exact) mass is 140 g/mol. The first-order valence-corrected chi connectivity index (χ1v) is 4.32. The summed E-state index contributed by atoms with van der Waals surface area (Å²) in [6.45, 7) is 4.54. The van der Waals surface area contributed by atoms with Gasteiger partial charge in [0.25, 0.3) is 0 Å². The highest BCUT2D eigenvalue weighted by atomic mass is 16.3. The molecule has 2 fully saturated rings. The van der Waals surface area contributed by atoms with Crippen LogP contribution in [-0.4, -0.2) is 11.2 Å². The molecule has 1 heteroatoms. The Hall–Kier alpha value is -0.0400. The highest BCUT2D eigenvalue weighted by Crippen LogP contribution is 2.57. The number of fused-ring (bicyclic) bond motifs is 2. The average Bonchev–Trinajstić information content (AvgIpc) is 2.25. The molecule has 2 saturated carbocycles. The first-order chi connectivity index (χ1) is 4.64. The first kappa shape index (κ1) is 6.66. The van der Waals surface area contributed by atoms with E-state index in [1.54, 1.807) is 0 Å². The molecule has 2 aliphatic carbocycles. The fraction of sp³-hybridized carbons (Fsp3) is 1.00. The lowest BCUT2D eigenvalue weighted by molar-refractivity contribution is 0.0400. The van der Waals surface area contributed by atoms with Crippen molar-refractivity contribution in [2.75, 3.05) is 0 Å². The highest BCUT2D eigenvalue weighted by Gasteiger charge is 2.53. The lowest BCUT2D eigenvalue weighted by Crippen LogP contribution is -2.29. The summed E-state index contributed by atoms with van der Waals surface area (Å²) in [6.07, 6.45) is 3.67. The molecule has 1 unspecified atom stereocenters. The number of aliphatic hydroxyl groups is 1. The van der Waals surface area contributed by atoms with Gasteiger partial charge in [-0.05, 0) is 36.5 Å². The Labute approximate surface area is 62.4 Å². The van der Waals surface area contributed by atoms with E-state index in [1.807, 2.05) is 0 Å². The molecule has 1 N–H and O–H groups in total. The molecule has 58 valence electrons. The van der Waals surface area contributed by atoms with E-state index in [-0.39, 0.29) is 11.5 Å². The van der Waals surface area contributed by atoms with Crippen molar-refractivity contribution in [2.24, 2.45) is 17.3 Å². The Morgan fingerprint density at radius 3 is 2.40 bits per heavy atom. The van der Waals surface area contributed by atoms with Gasteiger partial charge in [-0.3, -0.25) is 0 Å². The van der Waals surface area contributed by atoms with Crippen LogP contribution in [0.5, 0.6) is 0 Å². The second-order valence-corrected chi connectivity index (χ2v) is 4.34. The lowest BCUT2D eigenvalue weighted by atomic mass is 9.80. The quantitative estimate of drug-likeness (QED) is 0.544. The van der Waals surface area contributed by atoms with Crippen LogP contribution in [-0.2, 0) is 0 Å². The molecule has 10 heavy (non-hydrogen) atoms. The van der Waals surface area contributed by atoms with Crippen LogP contribution in [0.1, 0.15) is 33.1 Å². The third-order valence-corrected chi connectivity index (χ3v) is 4.09. The van der Waals surface area contributed by atoms with Gasteiger partial charge in [0, 0.05) is 0 Å². The molecule has 0 radical (unpaired) electrons. The van der Waals surface area contributed by atoms with Crippen LogP contribution >= 0.6 is 0 Å². The van der Waals surface area contributed by atoms with E-state index in [0.717, 1.165) is 18.3 Å². The van der Waals surface area contributed by atoms with E-state index in [4.69, 9.17) is 0 Å². The molecule has 0 aromatic rings. The summed E-state index contributed by atoms with van der Waals surface area (Å²) in [5.41, 5.74) is 0.282. The Kier molecular flexibility index (Phi) is 1.17. The van der Waals surface area contributed by atoms with Crippen molar-refractivity contribution in [2.45, 2.75) is 39.2 Å². The van der Waals surface area contributed by atoms with Gasteiger partial charge in [-0.2, -0.15) is 0 Å². The minimum atomic E-state index is 0.00116. The maximum absolute atomic E-state index is 9.65.